The highest BCUT2D eigenvalue weighted by molar-refractivity contribution is 6.38. The Morgan fingerprint density at radius 2 is 1.67 bits per heavy atom. The molecule has 0 aliphatic rings. The van der Waals surface area contributed by atoms with Crippen molar-refractivity contribution >= 4 is 40.6 Å². The molecule has 2 rings (SSSR count). The lowest BCUT2D eigenvalue weighted by Crippen LogP contribution is -2.04. The van der Waals surface area contributed by atoms with E-state index in [2.05, 4.69) is 0 Å². The van der Waals surface area contributed by atoms with Gasteiger partial charge in [0.25, 0.3) is 0 Å². The quantitative estimate of drug-likeness (QED) is 0.698. The molecule has 4 heteroatoms. The third-order valence-electron chi connectivity index (χ3n) is 2.69. The van der Waals surface area contributed by atoms with Gasteiger partial charge in [0.2, 0.25) is 0 Å². The Hall–Kier alpha value is -1.02. The molecule has 92 valence electrons. The van der Waals surface area contributed by atoms with Crippen molar-refractivity contribution in [3.05, 3.63) is 68.2 Å². The fourth-order valence-corrected chi connectivity index (χ4v) is 2.34. The van der Waals surface area contributed by atoms with Gasteiger partial charge >= 0.3 is 0 Å². The Balaban J connectivity index is 2.51. The van der Waals surface area contributed by atoms with Crippen molar-refractivity contribution in [2.45, 2.75) is 6.92 Å². The summed E-state index contributed by atoms with van der Waals surface area (Å²) in [7, 11) is 0. The van der Waals surface area contributed by atoms with Crippen LogP contribution in [0.5, 0.6) is 0 Å². The van der Waals surface area contributed by atoms with Gasteiger partial charge in [-0.05, 0) is 36.8 Å². The maximum Gasteiger partial charge on any atom is 0.194 e. The van der Waals surface area contributed by atoms with Crippen LogP contribution in [0.15, 0.2) is 36.4 Å². The van der Waals surface area contributed by atoms with Crippen molar-refractivity contribution in [2.75, 3.05) is 0 Å². The van der Waals surface area contributed by atoms with Gasteiger partial charge in [0.15, 0.2) is 5.78 Å². The number of carbonyl (C=O) groups excluding carboxylic acids is 1. The van der Waals surface area contributed by atoms with Crippen LogP contribution in [0.25, 0.3) is 0 Å². The van der Waals surface area contributed by atoms with Gasteiger partial charge in [0.1, 0.15) is 0 Å². The first-order chi connectivity index (χ1) is 8.50. The molecule has 0 saturated carbocycles. The molecule has 2 aromatic carbocycles. The van der Waals surface area contributed by atoms with E-state index in [1.165, 1.54) is 0 Å². The molecular formula is C14H9Cl3O. The van der Waals surface area contributed by atoms with E-state index in [0.717, 1.165) is 5.56 Å². The van der Waals surface area contributed by atoms with Gasteiger partial charge in [-0.25, -0.2) is 0 Å². The Morgan fingerprint density at radius 1 is 0.944 bits per heavy atom. The van der Waals surface area contributed by atoms with Gasteiger partial charge in [-0.3, -0.25) is 4.79 Å². The van der Waals surface area contributed by atoms with Crippen molar-refractivity contribution in [3.8, 4) is 0 Å². The lowest BCUT2D eigenvalue weighted by Gasteiger charge is -2.08. The molecule has 1 nitrogen and oxygen atoms in total. The van der Waals surface area contributed by atoms with Crippen LogP contribution in [0.3, 0.4) is 0 Å². The number of hydrogen-bond acceptors (Lipinski definition) is 1. The van der Waals surface area contributed by atoms with E-state index in [4.69, 9.17) is 34.8 Å². The van der Waals surface area contributed by atoms with Gasteiger partial charge in [-0.2, -0.15) is 0 Å². The topological polar surface area (TPSA) is 17.1 Å². The normalized spacial score (nSPS) is 10.4. The summed E-state index contributed by atoms with van der Waals surface area (Å²) in [4.78, 5) is 12.4. The Bertz CT molecular complexity index is 620. The predicted molar refractivity (Wildman–Crippen MR) is 76.1 cm³/mol. The van der Waals surface area contributed by atoms with Crippen molar-refractivity contribution in [2.24, 2.45) is 0 Å². The van der Waals surface area contributed by atoms with Crippen molar-refractivity contribution < 1.29 is 4.79 Å². The second-order valence-electron chi connectivity index (χ2n) is 3.87. The molecule has 0 atom stereocenters. The molecule has 0 aliphatic carbocycles. The lowest BCUT2D eigenvalue weighted by molar-refractivity contribution is 0.103. The van der Waals surface area contributed by atoms with Gasteiger partial charge in [0, 0.05) is 21.2 Å². The summed E-state index contributed by atoms with van der Waals surface area (Å²) < 4.78 is 0. The highest BCUT2D eigenvalue weighted by Crippen LogP contribution is 2.26. The minimum absolute atomic E-state index is 0.156. The lowest BCUT2D eigenvalue weighted by atomic mass is 9.99. The van der Waals surface area contributed by atoms with Crippen LogP contribution in [0.4, 0.5) is 0 Å². The first-order valence-electron chi connectivity index (χ1n) is 5.25. The van der Waals surface area contributed by atoms with Crippen molar-refractivity contribution in [1.29, 1.82) is 0 Å². The maximum atomic E-state index is 12.4. The molecule has 0 heterocycles. The number of benzene rings is 2. The zero-order chi connectivity index (χ0) is 13.3. The molecule has 0 unspecified atom stereocenters. The molecular weight excluding hydrogens is 291 g/mol. The van der Waals surface area contributed by atoms with E-state index in [9.17, 15) is 4.79 Å². The fraction of sp³-hybridized carbons (Fsp3) is 0.0714. The van der Waals surface area contributed by atoms with Crippen molar-refractivity contribution in [1.82, 2.24) is 0 Å². The van der Waals surface area contributed by atoms with Crippen LogP contribution in [-0.4, -0.2) is 5.78 Å². The SMILES string of the molecule is Cc1c(Cl)cccc1C(=O)c1ccc(Cl)cc1Cl. The summed E-state index contributed by atoms with van der Waals surface area (Å²) in [6.07, 6.45) is 0. The maximum absolute atomic E-state index is 12.4. The van der Waals surface area contributed by atoms with Crippen molar-refractivity contribution in [3.63, 3.8) is 0 Å². The highest BCUT2D eigenvalue weighted by atomic mass is 35.5. The van der Waals surface area contributed by atoms with E-state index < -0.39 is 0 Å². The molecule has 0 fully saturated rings. The van der Waals surface area contributed by atoms with Crippen LogP contribution >= 0.6 is 34.8 Å². The zero-order valence-corrected chi connectivity index (χ0v) is 11.8. The van der Waals surface area contributed by atoms with E-state index in [1.54, 1.807) is 43.3 Å². The minimum Gasteiger partial charge on any atom is -0.289 e. The third-order valence-corrected chi connectivity index (χ3v) is 3.65. The number of ketones is 1. The van der Waals surface area contributed by atoms with Crippen LogP contribution < -0.4 is 0 Å². The molecule has 0 spiro atoms. The largest absolute Gasteiger partial charge is 0.289 e. The fourth-order valence-electron chi connectivity index (χ4n) is 1.67. The molecule has 0 aliphatic heterocycles. The summed E-state index contributed by atoms with van der Waals surface area (Å²) in [6, 6.07) is 10.0. The average molecular weight is 300 g/mol. The average Bonchev–Trinajstić information content (AvgIpc) is 2.32. The van der Waals surface area contributed by atoms with Crippen LogP contribution in [-0.2, 0) is 0 Å². The first kappa shape index (κ1) is 13.4. The summed E-state index contributed by atoms with van der Waals surface area (Å²) in [5.74, 6) is -0.156. The highest BCUT2D eigenvalue weighted by Gasteiger charge is 2.16. The van der Waals surface area contributed by atoms with Crippen LogP contribution in [0.2, 0.25) is 15.1 Å². The first-order valence-corrected chi connectivity index (χ1v) is 6.39. The van der Waals surface area contributed by atoms with E-state index in [1.807, 2.05) is 0 Å². The second kappa shape index (κ2) is 5.31. The molecule has 0 N–H and O–H groups in total. The number of halogens is 3. The Kier molecular flexibility index (Phi) is 3.96. The molecule has 0 amide bonds. The monoisotopic (exact) mass is 298 g/mol. The molecule has 18 heavy (non-hydrogen) atoms. The molecule has 0 aromatic heterocycles. The van der Waals surface area contributed by atoms with Gasteiger partial charge < -0.3 is 0 Å². The summed E-state index contributed by atoms with van der Waals surface area (Å²) >= 11 is 17.8. The standard InChI is InChI=1S/C14H9Cl3O/c1-8-10(3-2-4-12(8)16)14(18)11-6-5-9(15)7-13(11)17/h2-7H,1H3. The number of rotatable bonds is 2. The summed E-state index contributed by atoms with van der Waals surface area (Å²) in [5, 5.41) is 1.40. The minimum atomic E-state index is -0.156. The zero-order valence-electron chi connectivity index (χ0n) is 9.51. The summed E-state index contributed by atoms with van der Waals surface area (Å²) in [6.45, 7) is 1.80. The molecule has 0 saturated heterocycles. The second-order valence-corrected chi connectivity index (χ2v) is 5.12. The van der Waals surface area contributed by atoms with E-state index >= 15 is 0 Å². The number of carbonyl (C=O) groups is 1. The Labute approximate surface area is 120 Å². The molecule has 0 radical (unpaired) electrons. The summed E-state index contributed by atoms with van der Waals surface area (Å²) in [5.41, 5.74) is 1.72. The van der Waals surface area contributed by atoms with Gasteiger partial charge in [0.05, 0.1) is 5.02 Å². The van der Waals surface area contributed by atoms with Crippen LogP contribution in [0.1, 0.15) is 21.5 Å². The van der Waals surface area contributed by atoms with Gasteiger partial charge in [-0.1, -0.05) is 46.9 Å². The van der Waals surface area contributed by atoms with Crippen LogP contribution in [0, 0.1) is 6.92 Å². The van der Waals surface area contributed by atoms with E-state index in [0.29, 0.717) is 26.2 Å². The number of hydrogen-bond donors (Lipinski definition) is 0. The Morgan fingerprint density at radius 3 is 2.33 bits per heavy atom. The predicted octanol–water partition coefficient (Wildman–Crippen LogP) is 5.19. The van der Waals surface area contributed by atoms with E-state index in [-0.39, 0.29) is 5.78 Å². The molecule has 0 bridgehead atoms. The van der Waals surface area contributed by atoms with Gasteiger partial charge in [-0.15, -0.1) is 0 Å². The molecule has 2 aromatic rings. The smallest absolute Gasteiger partial charge is 0.194 e. The third kappa shape index (κ3) is 2.54.